The Morgan fingerprint density at radius 2 is 2.04 bits per heavy atom. The van der Waals surface area contributed by atoms with E-state index in [9.17, 15) is 13.2 Å². The van der Waals surface area contributed by atoms with Gasteiger partial charge in [-0.1, -0.05) is 6.07 Å². The summed E-state index contributed by atoms with van der Waals surface area (Å²) >= 11 is 0. The van der Waals surface area contributed by atoms with E-state index in [1.165, 1.54) is 12.1 Å². The summed E-state index contributed by atoms with van der Waals surface area (Å²) in [6.45, 7) is 0. The number of hydrogen-bond donors (Lipinski definition) is 2. The van der Waals surface area contributed by atoms with Crippen LogP contribution in [0.5, 0.6) is 0 Å². The van der Waals surface area contributed by atoms with Gasteiger partial charge in [0, 0.05) is 30.8 Å². The number of sulfone groups is 1. The van der Waals surface area contributed by atoms with Crippen LogP contribution < -0.4 is 10.6 Å². The molecule has 2 N–H and O–H groups in total. The molecule has 1 aromatic heterocycles. The lowest BCUT2D eigenvalue weighted by Gasteiger charge is -2.15. The molecule has 9 heteroatoms. The maximum Gasteiger partial charge on any atom is 0.246 e. The van der Waals surface area contributed by atoms with Gasteiger partial charge in [-0.2, -0.15) is 5.10 Å². The van der Waals surface area contributed by atoms with Gasteiger partial charge in [0.1, 0.15) is 6.04 Å². The van der Waals surface area contributed by atoms with E-state index in [2.05, 4.69) is 15.7 Å². The number of carbonyl (C=O) groups excluding carboxylic acids is 1. The Balaban J connectivity index is 0.00000264. The minimum Gasteiger partial charge on any atom is -0.324 e. The second-order valence-corrected chi connectivity index (χ2v) is 6.97. The molecule has 1 aromatic carbocycles. The van der Waals surface area contributed by atoms with Crippen molar-refractivity contribution in [3.63, 3.8) is 0 Å². The number of nitrogens with one attached hydrogen (secondary N) is 2. The molecular weight excluding hydrogens is 340 g/mol. The average Bonchev–Trinajstić information content (AvgIpc) is 2.85. The van der Waals surface area contributed by atoms with E-state index in [-0.39, 0.29) is 23.2 Å². The van der Waals surface area contributed by atoms with Crippen LogP contribution in [0.1, 0.15) is 11.6 Å². The Labute approximate surface area is 141 Å². The Morgan fingerprint density at radius 3 is 2.57 bits per heavy atom. The number of aryl methyl sites for hydroxylation is 1. The van der Waals surface area contributed by atoms with Gasteiger partial charge in [-0.3, -0.25) is 9.48 Å². The highest BCUT2D eigenvalue weighted by Gasteiger charge is 2.20. The zero-order chi connectivity index (χ0) is 16.3. The van der Waals surface area contributed by atoms with E-state index >= 15 is 0 Å². The van der Waals surface area contributed by atoms with Crippen molar-refractivity contribution in [3.8, 4) is 0 Å². The molecule has 2 rings (SSSR count). The van der Waals surface area contributed by atoms with Crippen LogP contribution in [0.2, 0.25) is 0 Å². The van der Waals surface area contributed by atoms with Gasteiger partial charge in [0.2, 0.25) is 5.91 Å². The van der Waals surface area contributed by atoms with Gasteiger partial charge in [0.05, 0.1) is 11.1 Å². The van der Waals surface area contributed by atoms with Crippen molar-refractivity contribution in [1.82, 2.24) is 15.1 Å². The molecule has 2 aromatic rings. The second kappa shape index (κ2) is 7.58. The maximum atomic E-state index is 12.4. The standard InChI is InChI=1S/C14H18N4O3S.ClH/c1-15-13(10-8-16-18(2)9-10)14(19)17-11-5-4-6-12(7-11)22(3,20)21;/h4-9,13,15H,1-3H3,(H,17,19);1H. The summed E-state index contributed by atoms with van der Waals surface area (Å²) in [5.74, 6) is -0.291. The third-order valence-corrected chi connectivity index (χ3v) is 4.25. The quantitative estimate of drug-likeness (QED) is 0.836. The van der Waals surface area contributed by atoms with Crippen LogP contribution in [0.25, 0.3) is 0 Å². The molecule has 23 heavy (non-hydrogen) atoms. The number of benzene rings is 1. The molecule has 7 nitrogen and oxygen atoms in total. The monoisotopic (exact) mass is 358 g/mol. The largest absolute Gasteiger partial charge is 0.324 e. The van der Waals surface area contributed by atoms with E-state index < -0.39 is 15.9 Å². The van der Waals surface area contributed by atoms with Crippen LogP contribution in [0, 0.1) is 0 Å². The van der Waals surface area contributed by atoms with Crippen molar-refractivity contribution in [2.75, 3.05) is 18.6 Å². The van der Waals surface area contributed by atoms with Crippen molar-refractivity contribution in [3.05, 3.63) is 42.2 Å². The van der Waals surface area contributed by atoms with E-state index in [4.69, 9.17) is 0 Å². The molecule has 0 saturated heterocycles. The van der Waals surface area contributed by atoms with Gasteiger partial charge < -0.3 is 10.6 Å². The molecule has 1 unspecified atom stereocenters. The predicted octanol–water partition coefficient (Wildman–Crippen LogP) is 1.14. The smallest absolute Gasteiger partial charge is 0.246 e. The van der Waals surface area contributed by atoms with Crippen molar-refractivity contribution >= 4 is 33.8 Å². The van der Waals surface area contributed by atoms with Crippen LogP contribution in [0.4, 0.5) is 5.69 Å². The zero-order valence-electron chi connectivity index (χ0n) is 13.0. The molecule has 0 radical (unpaired) electrons. The highest BCUT2D eigenvalue weighted by atomic mass is 35.5. The van der Waals surface area contributed by atoms with Gasteiger partial charge in [0.15, 0.2) is 9.84 Å². The van der Waals surface area contributed by atoms with Crippen LogP contribution >= 0.6 is 12.4 Å². The summed E-state index contributed by atoms with van der Waals surface area (Å²) in [6, 6.07) is 5.58. The van der Waals surface area contributed by atoms with E-state index in [0.717, 1.165) is 11.8 Å². The number of hydrogen-bond acceptors (Lipinski definition) is 5. The number of nitrogens with zero attached hydrogens (tertiary/aromatic N) is 2. The van der Waals surface area contributed by atoms with Crippen LogP contribution in [-0.2, 0) is 21.7 Å². The van der Waals surface area contributed by atoms with Gasteiger partial charge in [-0.25, -0.2) is 8.42 Å². The predicted molar refractivity (Wildman–Crippen MR) is 90.4 cm³/mol. The Morgan fingerprint density at radius 1 is 1.35 bits per heavy atom. The lowest BCUT2D eigenvalue weighted by atomic mass is 10.1. The van der Waals surface area contributed by atoms with Crippen LogP contribution in [0.3, 0.4) is 0 Å². The molecule has 1 heterocycles. The van der Waals surface area contributed by atoms with Crippen molar-refractivity contribution in [2.45, 2.75) is 10.9 Å². The highest BCUT2D eigenvalue weighted by molar-refractivity contribution is 7.90. The summed E-state index contributed by atoms with van der Waals surface area (Å²) in [5.41, 5.74) is 1.15. The fourth-order valence-corrected chi connectivity index (χ4v) is 2.72. The first-order valence-electron chi connectivity index (χ1n) is 6.58. The fraction of sp³-hybridized carbons (Fsp3) is 0.286. The summed E-state index contributed by atoms with van der Waals surface area (Å²) in [7, 11) is 0.122. The van der Waals surface area contributed by atoms with Crippen molar-refractivity contribution < 1.29 is 13.2 Å². The average molecular weight is 359 g/mol. The summed E-state index contributed by atoms with van der Waals surface area (Å²) < 4.78 is 24.7. The SMILES string of the molecule is CNC(C(=O)Nc1cccc(S(C)(=O)=O)c1)c1cnn(C)c1.Cl. The van der Waals surface area contributed by atoms with Gasteiger partial charge >= 0.3 is 0 Å². The van der Waals surface area contributed by atoms with E-state index in [1.807, 2.05) is 0 Å². The normalized spacial score (nSPS) is 12.3. The second-order valence-electron chi connectivity index (χ2n) is 4.96. The summed E-state index contributed by atoms with van der Waals surface area (Å²) in [4.78, 5) is 12.5. The molecule has 0 spiro atoms. The molecule has 0 aliphatic rings. The molecule has 1 atom stereocenters. The van der Waals surface area contributed by atoms with Crippen LogP contribution in [-0.4, -0.2) is 37.4 Å². The number of carbonyl (C=O) groups is 1. The van der Waals surface area contributed by atoms with E-state index in [1.54, 1.807) is 43.3 Å². The first-order valence-corrected chi connectivity index (χ1v) is 8.47. The van der Waals surface area contributed by atoms with Crippen molar-refractivity contribution in [1.29, 1.82) is 0 Å². The lowest BCUT2D eigenvalue weighted by molar-refractivity contribution is -0.118. The van der Waals surface area contributed by atoms with Crippen molar-refractivity contribution in [2.24, 2.45) is 7.05 Å². The number of rotatable bonds is 5. The minimum atomic E-state index is -3.32. The number of halogens is 1. The molecule has 0 saturated carbocycles. The molecule has 0 aliphatic heterocycles. The lowest BCUT2D eigenvalue weighted by Crippen LogP contribution is -2.30. The summed E-state index contributed by atoms with van der Waals surface area (Å²) in [5, 5.41) is 9.66. The number of anilines is 1. The molecule has 0 fully saturated rings. The Bertz CT molecular complexity index is 789. The van der Waals surface area contributed by atoms with Gasteiger partial charge in [-0.05, 0) is 25.2 Å². The number of amides is 1. The fourth-order valence-electron chi connectivity index (χ4n) is 2.06. The Hall–Kier alpha value is -1.90. The van der Waals surface area contributed by atoms with E-state index in [0.29, 0.717) is 5.69 Å². The molecule has 0 aliphatic carbocycles. The molecule has 0 bridgehead atoms. The number of aromatic nitrogens is 2. The highest BCUT2D eigenvalue weighted by Crippen LogP contribution is 2.18. The minimum absolute atomic E-state index is 0. The third-order valence-electron chi connectivity index (χ3n) is 3.14. The topological polar surface area (TPSA) is 93.1 Å². The van der Waals surface area contributed by atoms with Gasteiger partial charge in [-0.15, -0.1) is 12.4 Å². The first kappa shape index (κ1) is 19.1. The molecule has 126 valence electrons. The number of likely N-dealkylation sites (N-methyl/N-ethyl adjacent to an activating group) is 1. The zero-order valence-corrected chi connectivity index (χ0v) is 14.6. The Kier molecular flexibility index (Phi) is 6.31. The third kappa shape index (κ3) is 4.78. The van der Waals surface area contributed by atoms with Gasteiger partial charge in [0.25, 0.3) is 0 Å². The molecular formula is C14H19ClN4O3S. The first-order chi connectivity index (χ1) is 10.3. The summed E-state index contributed by atoms with van der Waals surface area (Å²) in [6.07, 6.45) is 4.47. The maximum absolute atomic E-state index is 12.4. The van der Waals surface area contributed by atoms with Crippen LogP contribution in [0.15, 0.2) is 41.6 Å². The molecule has 1 amide bonds.